The molecular formula is C21H31N3O3. The zero-order valence-corrected chi connectivity index (χ0v) is 16.4. The lowest BCUT2D eigenvalue weighted by Crippen LogP contribution is -2.44. The van der Waals surface area contributed by atoms with Crippen molar-refractivity contribution in [2.24, 2.45) is 5.92 Å². The quantitative estimate of drug-likeness (QED) is 0.851. The average molecular weight is 373 g/mol. The predicted octanol–water partition coefficient (Wildman–Crippen LogP) is 2.41. The molecule has 1 unspecified atom stereocenters. The van der Waals surface area contributed by atoms with Crippen LogP contribution in [0, 0.1) is 5.92 Å². The molecular weight excluding hydrogens is 342 g/mol. The zero-order valence-electron chi connectivity index (χ0n) is 16.4. The standard InChI is InChI=1S/C21H31N3O3/c1-16(2)21(27)23-15-20(26)24-13-9-4-3-8-12-22-19(25)14-18(24)17-10-6-5-7-11-17/h5-7,10-11,16,18H,3-4,8-9,12-15H2,1-2H3,(H,22,25)(H,23,27). The highest BCUT2D eigenvalue weighted by atomic mass is 16.2. The number of benzene rings is 1. The molecule has 0 spiro atoms. The minimum atomic E-state index is -0.326. The molecule has 1 fully saturated rings. The second-order valence-electron chi connectivity index (χ2n) is 7.35. The third kappa shape index (κ3) is 6.70. The van der Waals surface area contributed by atoms with E-state index in [0.29, 0.717) is 13.1 Å². The molecule has 1 aromatic rings. The van der Waals surface area contributed by atoms with Crippen molar-refractivity contribution in [1.82, 2.24) is 15.5 Å². The summed E-state index contributed by atoms with van der Waals surface area (Å²) in [5.41, 5.74) is 0.940. The summed E-state index contributed by atoms with van der Waals surface area (Å²) >= 11 is 0. The molecule has 2 rings (SSSR count). The van der Waals surface area contributed by atoms with Crippen molar-refractivity contribution >= 4 is 17.7 Å². The van der Waals surface area contributed by atoms with E-state index in [4.69, 9.17) is 0 Å². The lowest BCUT2D eigenvalue weighted by atomic mass is 10.0. The number of hydrogen-bond acceptors (Lipinski definition) is 3. The summed E-state index contributed by atoms with van der Waals surface area (Å²) in [7, 11) is 0. The van der Waals surface area contributed by atoms with E-state index in [1.165, 1.54) is 0 Å². The van der Waals surface area contributed by atoms with Gasteiger partial charge in [-0.05, 0) is 18.4 Å². The number of carbonyl (C=O) groups excluding carboxylic acids is 3. The van der Waals surface area contributed by atoms with Gasteiger partial charge in [-0.2, -0.15) is 0 Å². The molecule has 2 N–H and O–H groups in total. The molecule has 0 bridgehead atoms. The van der Waals surface area contributed by atoms with Gasteiger partial charge in [0.25, 0.3) is 0 Å². The monoisotopic (exact) mass is 373 g/mol. The van der Waals surface area contributed by atoms with Gasteiger partial charge in [-0.3, -0.25) is 14.4 Å². The Morgan fingerprint density at radius 2 is 1.85 bits per heavy atom. The molecule has 6 nitrogen and oxygen atoms in total. The van der Waals surface area contributed by atoms with E-state index in [1.807, 2.05) is 30.3 Å². The van der Waals surface area contributed by atoms with Crippen molar-refractivity contribution < 1.29 is 14.4 Å². The molecule has 6 heteroatoms. The summed E-state index contributed by atoms with van der Waals surface area (Å²) in [5.74, 6) is -0.508. The molecule has 0 aliphatic carbocycles. The summed E-state index contributed by atoms with van der Waals surface area (Å²) < 4.78 is 0. The third-order valence-electron chi connectivity index (χ3n) is 4.85. The van der Waals surface area contributed by atoms with Crippen LogP contribution in [0.3, 0.4) is 0 Å². The summed E-state index contributed by atoms with van der Waals surface area (Å²) in [6.07, 6.45) is 4.12. The van der Waals surface area contributed by atoms with E-state index in [9.17, 15) is 14.4 Å². The van der Waals surface area contributed by atoms with E-state index in [2.05, 4.69) is 10.6 Å². The molecule has 148 valence electrons. The van der Waals surface area contributed by atoms with Gasteiger partial charge in [0.15, 0.2) is 0 Å². The number of amides is 3. The highest BCUT2D eigenvalue weighted by Gasteiger charge is 2.27. The zero-order chi connectivity index (χ0) is 19.6. The SMILES string of the molecule is CC(C)C(=O)NCC(=O)N1CCCCCCNC(=O)CC1c1ccccc1. The van der Waals surface area contributed by atoms with Gasteiger partial charge in [0.1, 0.15) is 0 Å². The molecule has 27 heavy (non-hydrogen) atoms. The summed E-state index contributed by atoms with van der Waals surface area (Å²) in [6.45, 7) is 4.82. The smallest absolute Gasteiger partial charge is 0.242 e. The first-order valence-electron chi connectivity index (χ1n) is 9.88. The predicted molar refractivity (Wildman–Crippen MR) is 105 cm³/mol. The highest BCUT2D eigenvalue weighted by molar-refractivity contribution is 5.86. The fourth-order valence-electron chi connectivity index (χ4n) is 3.24. The van der Waals surface area contributed by atoms with Crippen molar-refractivity contribution in [3.05, 3.63) is 35.9 Å². The molecule has 0 radical (unpaired) electrons. The lowest BCUT2D eigenvalue weighted by molar-refractivity contribution is -0.136. The number of hydrogen-bond donors (Lipinski definition) is 2. The van der Waals surface area contributed by atoms with Gasteiger partial charge in [0.05, 0.1) is 19.0 Å². The van der Waals surface area contributed by atoms with Crippen LogP contribution < -0.4 is 10.6 Å². The maximum Gasteiger partial charge on any atom is 0.242 e. The van der Waals surface area contributed by atoms with Crippen LogP contribution in [-0.4, -0.2) is 42.3 Å². The van der Waals surface area contributed by atoms with Crippen molar-refractivity contribution in [3.63, 3.8) is 0 Å². The van der Waals surface area contributed by atoms with Crippen LogP contribution in [0.15, 0.2) is 30.3 Å². The second-order valence-corrected chi connectivity index (χ2v) is 7.35. The Kier molecular flexibility index (Phi) is 8.30. The first-order chi connectivity index (χ1) is 13.0. The second kappa shape index (κ2) is 10.7. The first kappa shape index (κ1) is 20.9. The van der Waals surface area contributed by atoms with Gasteiger partial charge in [-0.15, -0.1) is 0 Å². The number of nitrogens with zero attached hydrogens (tertiary/aromatic N) is 1. The van der Waals surface area contributed by atoms with Gasteiger partial charge in [-0.25, -0.2) is 0 Å². The Morgan fingerprint density at radius 3 is 2.56 bits per heavy atom. The summed E-state index contributed by atoms with van der Waals surface area (Å²) in [5, 5.41) is 5.67. The highest BCUT2D eigenvalue weighted by Crippen LogP contribution is 2.25. The molecule has 3 amide bonds. The van der Waals surface area contributed by atoms with E-state index in [0.717, 1.165) is 31.2 Å². The Morgan fingerprint density at radius 1 is 1.15 bits per heavy atom. The molecule has 0 aromatic heterocycles. The first-order valence-corrected chi connectivity index (χ1v) is 9.88. The average Bonchev–Trinajstić information content (AvgIpc) is 2.70. The molecule has 1 atom stereocenters. The largest absolute Gasteiger partial charge is 0.356 e. The fourth-order valence-corrected chi connectivity index (χ4v) is 3.24. The van der Waals surface area contributed by atoms with Crippen molar-refractivity contribution in [2.45, 2.75) is 52.0 Å². The molecule has 1 saturated heterocycles. The number of carbonyl (C=O) groups is 3. The van der Waals surface area contributed by atoms with Crippen molar-refractivity contribution in [1.29, 1.82) is 0 Å². The Hall–Kier alpha value is -2.37. The van der Waals surface area contributed by atoms with Gasteiger partial charge in [-0.1, -0.05) is 57.0 Å². The van der Waals surface area contributed by atoms with Crippen LogP contribution in [0.2, 0.25) is 0 Å². The van der Waals surface area contributed by atoms with E-state index in [-0.39, 0.29) is 42.6 Å². The molecule has 1 aromatic carbocycles. The minimum Gasteiger partial charge on any atom is -0.356 e. The van der Waals surface area contributed by atoms with Crippen LogP contribution in [0.4, 0.5) is 0 Å². The van der Waals surface area contributed by atoms with Gasteiger partial charge < -0.3 is 15.5 Å². The van der Waals surface area contributed by atoms with Gasteiger partial charge in [0, 0.05) is 19.0 Å². The number of rotatable bonds is 4. The molecule has 1 aliphatic heterocycles. The molecule has 0 saturated carbocycles. The third-order valence-corrected chi connectivity index (χ3v) is 4.85. The van der Waals surface area contributed by atoms with Crippen LogP contribution in [0.25, 0.3) is 0 Å². The maximum atomic E-state index is 12.9. The maximum absolute atomic E-state index is 12.9. The van der Waals surface area contributed by atoms with Crippen molar-refractivity contribution in [3.8, 4) is 0 Å². The van der Waals surface area contributed by atoms with Crippen LogP contribution >= 0.6 is 0 Å². The lowest BCUT2D eigenvalue weighted by Gasteiger charge is -2.32. The normalized spacial score (nSPS) is 19.1. The van der Waals surface area contributed by atoms with E-state index in [1.54, 1.807) is 18.7 Å². The van der Waals surface area contributed by atoms with Gasteiger partial charge in [0.2, 0.25) is 17.7 Å². The number of nitrogens with one attached hydrogen (secondary N) is 2. The topological polar surface area (TPSA) is 78.5 Å². The van der Waals surface area contributed by atoms with Crippen LogP contribution in [-0.2, 0) is 14.4 Å². The van der Waals surface area contributed by atoms with Crippen LogP contribution in [0.5, 0.6) is 0 Å². The van der Waals surface area contributed by atoms with Gasteiger partial charge >= 0.3 is 0 Å². The van der Waals surface area contributed by atoms with Crippen molar-refractivity contribution in [2.75, 3.05) is 19.6 Å². The summed E-state index contributed by atoms with van der Waals surface area (Å²) in [6, 6.07) is 9.33. The van der Waals surface area contributed by atoms with E-state index >= 15 is 0 Å². The Labute approximate surface area is 161 Å². The van der Waals surface area contributed by atoms with E-state index < -0.39 is 0 Å². The minimum absolute atomic E-state index is 0.0397. The molecule has 1 aliphatic rings. The fraction of sp³-hybridized carbons (Fsp3) is 0.571. The Bertz CT molecular complexity index is 631. The Balaban J connectivity index is 2.22. The molecule has 1 heterocycles. The van der Waals surface area contributed by atoms with Crippen LogP contribution in [0.1, 0.15) is 57.6 Å². The summed E-state index contributed by atoms with van der Waals surface area (Å²) in [4.78, 5) is 39.0.